The van der Waals surface area contributed by atoms with Crippen molar-refractivity contribution < 1.29 is 9.59 Å². The molecule has 5 nitrogen and oxygen atoms in total. The van der Waals surface area contributed by atoms with E-state index in [9.17, 15) is 9.59 Å². The van der Waals surface area contributed by atoms with E-state index in [2.05, 4.69) is 16.4 Å². The molecule has 2 aliphatic rings. The molecule has 1 aromatic carbocycles. The van der Waals surface area contributed by atoms with Gasteiger partial charge in [0.1, 0.15) is 0 Å². The van der Waals surface area contributed by atoms with Crippen molar-refractivity contribution in [3.8, 4) is 0 Å². The first-order chi connectivity index (χ1) is 14.0. The van der Waals surface area contributed by atoms with Gasteiger partial charge in [-0.3, -0.25) is 14.6 Å². The molecule has 1 aliphatic carbocycles. The van der Waals surface area contributed by atoms with Gasteiger partial charge in [0.15, 0.2) is 0 Å². The summed E-state index contributed by atoms with van der Waals surface area (Å²) in [6.07, 6.45) is 7.58. The third-order valence-electron chi connectivity index (χ3n) is 6.42. The quantitative estimate of drug-likeness (QED) is 0.852. The Bertz CT molecular complexity index is 918. The number of carbonyl (C=O) groups is 2. The van der Waals surface area contributed by atoms with E-state index < -0.39 is 0 Å². The Morgan fingerprint density at radius 3 is 2.62 bits per heavy atom. The maximum absolute atomic E-state index is 13.3. The average molecular weight is 394 g/mol. The summed E-state index contributed by atoms with van der Waals surface area (Å²) in [6.45, 7) is 5.14. The fourth-order valence-electron chi connectivity index (χ4n) is 4.72. The zero-order valence-corrected chi connectivity index (χ0v) is 17.5. The van der Waals surface area contributed by atoms with Crippen molar-refractivity contribution in [2.75, 3.05) is 13.1 Å². The van der Waals surface area contributed by atoms with E-state index >= 15 is 0 Å². The van der Waals surface area contributed by atoms with Gasteiger partial charge in [-0.05, 0) is 57.7 Å². The lowest BCUT2D eigenvalue weighted by molar-refractivity contribution is -0.127. The summed E-state index contributed by atoms with van der Waals surface area (Å²) >= 11 is 0. The molecule has 0 radical (unpaired) electrons. The molecule has 0 spiro atoms. The molecule has 2 aromatic rings. The van der Waals surface area contributed by atoms with Crippen LogP contribution in [0.5, 0.6) is 0 Å². The highest BCUT2D eigenvalue weighted by Gasteiger charge is 2.31. The van der Waals surface area contributed by atoms with Gasteiger partial charge in [0.25, 0.3) is 5.91 Å². The van der Waals surface area contributed by atoms with E-state index in [0.717, 1.165) is 47.8 Å². The molecule has 1 saturated carbocycles. The second kappa shape index (κ2) is 8.52. The van der Waals surface area contributed by atoms with Gasteiger partial charge in [0.2, 0.25) is 5.91 Å². The van der Waals surface area contributed by atoms with E-state index in [4.69, 9.17) is 0 Å². The number of aryl methyl sites for hydroxylation is 2. The lowest BCUT2D eigenvalue weighted by Gasteiger charge is -2.33. The molecule has 1 atom stereocenters. The highest BCUT2D eigenvalue weighted by atomic mass is 16.2. The Labute approximate surface area is 172 Å². The van der Waals surface area contributed by atoms with Crippen molar-refractivity contribution in [3.05, 3.63) is 41.1 Å². The summed E-state index contributed by atoms with van der Waals surface area (Å²) in [6, 6.07) is 8.38. The molecule has 1 saturated heterocycles. The van der Waals surface area contributed by atoms with Crippen molar-refractivity contribution in [2.45, 2.75) is 64.8 Å². The molecule has 2 heterocycles. The smallest absolute Gasteiger partial charge is 0.255 e. The van der Waals surface area contributed by atoms with Gasteiger partial charge in [-0.2, -0.15) is 0 Å². The summed E-state index contributed by atoms with van der Waals surface area (Å²) in [4.78, 5) is 32.5. The van der Waals surface area contributed by atoms with Gasteiger partial charge in [0, 0.05) is 24.5 Å². The number of aromatic nitrogens is 1. The Kier molecular flexibility index (Phi) is 5.84. The first-order valence-corrected chi connectivity index (χ1v) is 11.0. The Morgan fingerprint density at radius 2 is 1.83 bits per heavy atom. The number of amides is 2. The number of hydrogen-bond donors (Lipinski definition) is 1. The first-order valence-electron chi connectivity index (χ1n) is 11.0. The molecule has 29 heavy (non-hydrogen) atoms. The minimum Gasteiger partial charge on any atom is -0.353 e. The van der Waals surface area contributed by atoms with Gasteiger partial charge in [-0.15, -0.1) is 0 Å². The van der Waals surface area contributed by atoms with Gasteiger partial charge in [0.05, 0.1) is 22.7 Å². The molecular weight excluding hydrogens is 362 g/mol. The maximum atomic E-state index is 13.3. The second-order valence-corrected chi connectivity index (χ2v) is 8.75. The van der Waals surface area contributed by atoms with Crippen molar-refractivity contribution in [1.29, 1.82) is 0 Å². The summed E-state index contributed by atoms with van der Waals surface area (Å²) in [7, 11) is 0. The van der Waals surface area contributed by atoms with Crippen LogP contribution in [0.25, 0.3) is 10.9 Å². The van der Waals surface area contributed by atoms with E-state index in [1.54, 1.807) is 0 Å². The lowest BCUT2D eigenvalue weighted by Crippen LogP contribution is -2.48. The van der Waals surface area contributed by atoms with Crippen LogP contribution in [-0.4, -0.2) is 40.8 Å². The topological polar surface area (TPSA) is 62.3 Å². The standard InChI is InChI=1S/C24H31N3O2/c1-16-10-11-22-19(13-16)14-21(17(2)25-22)24(29)27-12-6-7-18(15-27)23(28)26-20-8-4-3-5-9-20/h10-11,13-14,18,20H,3-9,12,15H2,1-2H3,(H,26,28)/t18-/m1/s1. The Balaban J connectivity index is 1.47. The van der Waals surface area contributed by atoms with Crippen molar-refractivity contribution in [1.82, 2.24) is 15.2 Å². The molecule has 2 fully saturated rings. The summed E-state index contributed by atoms with van der Waals surface area (Å²) in [5, 5.41) is 4.23. The molecule has 154 valence electrons. The third kappa shape index (κ3) is 4.44. The molecule has 4 rings (SSSR count). The van der Waals surface area contributed by atoms with Crippen molar-refractivity contribution in [2.24, 2.45) is 5.92 Å². The average Bonchev–Trinajstić information content (AvgIpc) is 2.74. The van der Waals surface area contributed by atoms with Crippen LogP contribution in [0.2, 0.25) is 0 Å². The van der Waals surface area contributed by atoms with Gasteiger partial charge in [-0.25, -0.2) is 0 Å². The number of rotatable bonds is 3. The zero-order valence-electron chi connectivity index (χ0n) is 17.5. The summed E-state index contributed by atoms with van der Waals surface area (Å²) in [5.74, 6) is 0.0116. The van der Waals surface area contributed by atoms with E-state index in [-0.39, 0.29) is 17.7 Å². The van der Waals surface area contributed by atoms with Crippen molar-refractivity contribution in [3.63, 3.8) is 0 Å². The van der Waals surface area contributed by atoms with Crippen LogP contribution < -0.4 is 5.32 Å². The molecule has 2 amide bonds. The number of piperidine rings is 1. The number of fused-ring (bicyclic) bond motifs is 1. The number of benzene rings is 1. The molecule has 1 aromatic heterocycles. The lowest BCUT2D eigenvalue weighted by atomic mass is 9.92. The number of carbonyl (C=O) groups excluding carboxylic acids is 2. The predicted molar refractivity (Wildman–Crippen MR) is 115 cm³/mol. The Hall–Kier alpha value is -2.43. The number of likely N-dealkylation sites (tertiary alicyclic amines) is 1. The van der Waals surface area contributed by atoms with Crippen molar-refractivity contribution >= 4 is 22.7 Å². The maximum Gasteiger partial charge on any atom is 0.255 e. The SMILES string of the molecule is Cc1ccc2nc(C)c(C(=O)N3CCC[C@@H](C(=O)NC4CCCCC4)C3)cc2c1. The van der Waals surface area contributed by atoms with E-state index in [1.165, 1.54) is 19.3 Å². The largest absolute Gasteiger partial charge is 0.353 e. The Morgan fingerprint density at radius 1 is 1.03 bits per heavy atom. The number of nitrogens with zero attached hydrogens (tertiary/aromatic N) is 2. The molecule has 0 bridgehead atoms. The number of hydrogen-bond acceptors (Lipinski definition) is 3. The molecule has 1 N–H and O–H groups in total. The normalized spacial score (nSPS) is 20.6. The number of nitrogens with one attached hydrogen (secondary N) is 1. The van der Waals surface area contributed by atoms with Crippen LogP contribution in [0.4, 0.5) is 0 Å². The highest BCUT2D eigenvalue weighted by molar-refractivity contribution is 5.99. The second-order valence-electron chi connectivity index (χ2n) is 8.75. The molecule has 5 heteroatoms. The van der Waals surface area contributed by atoms with Crippen LogP contribution in [-0.2, 0) is 4.79 Å². The first kappa shape index (κ1) is 19.9. The van der Waals surface area contributed by atoms with Crippen LogP contribution in [0.1, 0.15) is 66.6 Å². The van der Waals surface area contributed by atoms with Crippen LogP contribution in [0.15, 0.2) is 24.3 Å². The van der Waals surface area contributed by atoms with E-state index in [0.29, 0.717) is 24.7 Å². The highest BCUT2D eigenvalue weighted by Crippen LogP contribution is 2.24. The summed E-state index contributed by atoms with van der Waals surface area (Å²) < 4.78 is 0. The van der Waals surface area contributed by atoms with Gasteiger partial charge in [-0.1, -0.05) is 30.9 Å². The monoisotopic (exact) mass is 393 g/mol. The van der Waals surface area contributed by atoms with Crippen LogP contribution >= 0.6 is 0 Å². The van der Waals surface area contributed by atoms with Crippen LogP contribution in [0.3, 0.4) is 0 Å². The number of pyridine rings is 1. The van der Waals surface area contributed by atoms with Gasteiger partial charge < -0.3 is 10.2 Å². The predicted octanol–water partition coefficient (Wildman–Crippen LogP) is 4.15. The minimum absolute atomic E-state index is 0.00595. The summed E-state index contributed by atoms with van der Waals surface area (Å²) in [5.41, 5.74) is 3.46. The molecular formula is C24H31N3O2. The van der Waals surface area contributed by atoms with Crippen LogP contribution in [0, 0.1) is 19.8 Å². The zero-order chi connectivity index (χ0) is 20.4. The fraction of sp³-hybridized carbons (Fsp3) is 0.542. The molecule has 0 unspecified atom stereocenters. The fourth-order valence-corrected chi connectivity index (χ4v) is 4.72. The third-order valence-corrected chi connectivity index (χ3v) is 6.42. The van der Waals surface area contributed by atoms with E-state index in [1.807, 2.05) is 36.9 Å². The minimum atomic E-state index is -0.106. The molecule has 1 aliphatic heterocycles. The van der Waals surface area contributed by atoms with Gasteiger partial charge >= 0.3 is 0 Å².